The minimum absolute atomic E-state index is 0.168. The highest BCUT2D eigenvalue weighted by atomic mass is 16.6. The van der Waals surface area contributed by atoms with Crippen LogP contribution in [-0.4, -0.2) is 47.9 Å². The minimum Gasteiger partial charge on any atom is -0.442 e. The molecule has 1 unspecified atom stereocenters. The van der Waals surface area contributed by atoms with Crippen LogP contribution in [0.2, 0.25) is 0 Å². The number of fused-ring (bicyclic) bond motifs is 1. The van der Waals surface area contributed by atoms with Crippen molar-refractivity contribution in [3.05, 3.63) is 46.8 Å². The predicted octanol–water partition coefficient (Wildman–Crippen LogP) is 2.46. The van der Waals surface area contributed by atoms with Crippen molar-refractivity contribution < 1.29 is 28.4 Å². The number of cyclic esters (lactones) is 1. The number of aromatic nitrogens is 1. The van der Waals surface area contributed by atoms with Crippen LogP contribution in [0.1, 0.15) is 51.9 Å². The van der Waals surface area contributed by atoms with Gasteiger partial charge in [0.15, 0.2) is 17.3 Å². The lowest BCUT2D eigenvalue weighted by Crippen LogP contribution is -2.33. The van der Waals surface area contributed by atoms with E-state index in [2.05, 4.69) is 10.5 Å². The molecule has 2 atom stereocenters. The number of nitrogens with one attached hydrogen (secondary N) is 1. The van der Waals surface area contributed by atoms with Crippen molar-refractivity contribution in [2.24, 2.45) is 5.92 Å². The molecule has 0 saturated carbocycles. The number of rotatable bonds is 5. The van der Waals surface area contributed by atoms with Crippen molar-refractivity contribution >= 4 is 29.3 Å². The summed E-state index contributed by atoms with van der Waals surface area (Å²) in [4.78, 5) is 50.8. The van der Waals surface area contributed by atoms with E-state index in [0.717, 1.165) is 5.56 Å². The van der Waals surface area contributed by atoms with Crippen molar-refractivity contribution in [2.75, 3.05) is 18.0 Å². The highest BCUT2D eigenvalue weighted by Crippen LogP contribution is 2.31. The molecule has 1 fully saturated rings. The van der Waals surface area contributed by atoms with Crippen molar-refractivity contribution in [1.82, 2.24) is 10.5 Å². The van der Waals surface area contributed by atoms with E-state index < -0.39 is 18.1 Å². The number of ether oxygens (including phenoxy) is 1. The fourth-order valence-electron chi connectivity index (χ4n) is 4.02. The van der Waals surface area contributed by atoms with E-state index in [9.17, 15) is 19.2 Å². The number of hydrogen-bond donors (Lipinski definition) is 1. The number of amides is 2. The Balaban J connectivity index is 1.53. The molecule has 0 spiro atoms. The van der Waals surface area contributed by atoms with Gasteiger partial charge in [-0.3, -0.25) is 19.3 Å². The van der Waals surface area contributed by atoms with Gasteiger partial charge in [0.25, 0.3) is 0 Å². The second-order valence-electron chi connectivity index (χ2n) is 7.89. The number of benzene rings is 1. The summed E-state index contributed by atoms with van der Waals surface area (Å²) < 4.78 is 10.3. The number of hydrogen-bond acceptors (Lipinski definition) is 7. The highest BCUT2D eigenvalue weighted by molar-refractivity contribution is 6.16. The molecule has 9 nitrogen and oxygen atoms in total. The smallest absolute Gasteiger partial charge is 0.414 e. The van der Waals surface area contributed by atoms with Gasteiger partial charge >= 0.3 is 6.09 Å². The number of nitrogens with zero attached hydrogens (tertiary/aromatic N) is 2. The third-order valence-corrected chi connectivity index (χ3v) is 5.57. The monoisotopic (exact) mass is 425 g/mol. The molecule has 2 aliphatic rings. The van der Waals surface area contributed by atoms with Gasteiger partial charge in [0.05, 0.1) is 19.0 Å². The zero-order chi connectivity index (χ0) is 22.1. The Bertz CT molecular complexity index is 1060. The Hall–Kier alpha value is -3.49. The first-order valence-corrected chi connectivity index (χ1v) is 10.2. The molecule has 4 rings (SSSR count). The number of ketones is 2. The van der Waals surface area contributed by atoms with E-state index in [1.165, 1.54) is 11.8 Å². The molecule has 1 N–H and O–H groups in total. The summed E-state index contributed by atoms with van der Waals surface area (Å²) in [6.45, 7) is 3.64. The minimum atomic E-state index is -0.796. The maximum atomic E-state index is 13.1. The molecule has 0 radical (unpaired) electrons. The normalized spacial score (nSPS) is 20.8. The quantitative estimate of drug-likeness (QED) is 0.444. The summed E-state index contributed by atoms with van der Waals surface area (Å²) in [7, 11) is 0. The van der Waals surface area contributed by atoms with Gasteiger partial charge in [-0.15, -0.1) is 0 Å². The van der Waals surface area contributed by atoms with E-state index in [0.29, 0.717) is 42.8 Å². The summed E-state index contributed by atoms with van der Waals surface area (Å²) >= 11 is 0. The lowest BCUT2D eigenvalue weighted by molar-refractivity contribution is -0.119. The second kappa shape index (κ2) is 8.33. The molecule has 1 aromatic carbocycles. The molecular weight excluding hydrogens is 402 g/mol. The van der Waals surface area contributed by atoms with Gasteiger partial charge < -0.3 is 14.6 Å². The Morgan fingerprint density at radius 1 is 1.26 bits per heavy atom. The summed E-state index contributed by atoms with van der Waals surface area (Å²) in [6, 6.07) is 6.70. The van der Waals surface area contributed by atoms with Crippen LogP contribution in [0.3, 0.4) is 0 Å². The first kappa shape index (κ1) is 20.8. The number of Topliss-reactive ketones (excluding diaryl/α,β-unsaturated/α-hetero) is 2. The Labute approximate surface area is 178 Å². The molecule has 1 aliphatic heterocycles. The van der Waals surface area contributed by atoms with Crippen LogP contribution < -0.4 is 10.2 Å². The van der Waals surface area contributed by atoms with Crippen LogP contribution in [0.5, 0.6) is 0 Å². The largest absolute Gasteiger partial charge is 0.442 e. The highest BCUT2D eigenvalue weighted by Gasteiger charge is 2.35. The van der Waals surface area contributed by atoms with Gasteiger partial charge in [0.1, 0.15) is 11.9 Å². The maximum absolute atomic E-state index is 13.1. The van der Waals surface area contributed by atoms with Gasteiger partial charge in [-0.1, -0.05) is 5.16 Å². The van der Waals surface area contributed by atoms with Gasteiger partial charge in [0, 0.05) is 24.2 Å². The first-order valence-electron chi connectivity index (χ1n) is 10.2. The van der Waals surface area contributed by atoms with Gasteiger partial charge in [-0.05, 0) is 49.9 Å². The fourth-order valence-corrected chi connectivity index (χ4v) is 4.02. The molecule has 31 heavy (non-hydrogen) atoms. The SMILES string of the molecule is CC(=O)NC[C@H]1CN(c2ccc3c(c2)CCCC(C(=O)c2cc(C)on2)C3=O)C(=O)O1. The summed E-state index contributed by atoms with van der Waals surface area (Å²) in [5.41, 5.74) is 2.08. The molecule has 1 saturated heterocycles. The van der Waals surface area contributed by atoms with E-state index >= 15 is 0 Å². The zero-order valence-corrected chi connectivity index (χ0v) is 17.3. The summed E-state index contributed by atoms with van der Waals surface area (Å²) in [5, 5.41) is 6.40. The number of carbonyl (C=O) groups is 4. The Morgan fingerprint density at radius 2 is 2.06 bits per heavy atom. The average molecular weight is 425 g/mol. The number of anilines is 1. The van der Waals surface area contributed by atoms with Gasteiger partial charge in [-0.25, -0.2) is 4.79 Å². The molecule has 2 aromatic rings. The molecule has 2 heterocycles. The third-order valence-electron chi connectivity index (χ3n) is 5.57. The molecule has 0 bridgehead atoms. The molecule has 1 aromatic heterocycles. The lowest BCUT2D eigenvalue weighted by Gasteiger charge is -2.16. The van der Waals surface area contributed by atoms with E-state index in [1.54, 1.807) is 25.1 Å². The van der Waals surface area contributed by atoms with Gasteiger partial charge in [-0.2, -0.15) is 0 Å². The van der Waals surface area contributed by atoms with E-state index in [4.69, 9.17) is 9.26 Å². The van der Waals surface area contributed by atoms with Crippen molar-refractivity contribution in [3.63, 3.8) is 0 Å². The summed E-state index contributed by atoms with van der Waals surface area (Å²) in [5.74, 6) is -1.04. The van der Waals surface area contributed by atoms with Crippen LogP contribution in [0.15, 0.2) is 28.8 Å². The Kier molecular flexibility index (Phi) is 5.58. The van der Waals surface area contributed by atoms with Crippen LogP contribution in [0.4, 0.5) is 10.5 Å². The van der Waals surface area contributed by atoms with Crippen molar-refractivity contribution in [1.29, 1.82) is 0 Å². The first-order chi connectivity index (χ1) is 14.8. The number of carbonyl (C=O) groups excluding carboxylic acids is 4. The zero-order valence-electron chi connectivity index (χ0n) is 17.3. The second-order valence-corrected chi connectivity index (χ2v) is 7.89. The molecule has 162 valence electrons. The molecule has 9 heteroatoms. The van der Waals surface area contributed by atoms with E-state index in [-0.39, 0.29) is 29.7 Å². The predicted molar refractivity (Wildman–Crippen MR) is 109 cm³/mol. The molecule has 1 aliphatic carbocycles. The van der Waals surface area contributed by atoms with Crippen LogP contribution in [0.25, 0.3) is 0 Å². The lowest BCUT2D eigenvalue weighted by atomic mass is 9.90. The third kappa shape index (κ3) is 4.21. The standard InChI is InChI=1S/C22H23N3O6/c1-12-8-19(24-31-12)21(28)18-5-3-4-14-9-15(6-7-17(14)20(18)27)25-11-16(30-22(25)29)10-23-13(2)26/h6-9,16,18H,3-5,10-11H2,1-2H3,(H,23,26)/t16-,18?/m0/s1. The van der Waals surface area contributed by atoms with Crippen LogP contribution in [0, 0.1) is 12.8 Å². The average Bonchev–Trinajstić information content (AvgIpc) is 3.29. The van der Waals surface area contributed by atoms with Gasteiger partial charge in [0.2, 0.25) is 5.91 Å². The molecular formula is C22H23N3O6. The summed E-state index contributed by atoms with van der Waals surface area (Å²) in [6.07, 6.45) is 0.771. The van der Waals surface area contributed by atoms with Crippen molar-refractivity contribution in [3.8, 4) is 0 Å². The van der Waals surface area contributed by atoms with E-state index in [1.807, 2.05) is 6.07 Å². The molecule has 2 amide bonds. The maximum Gasteiger partial charge on any atom is 0.414 e. The topological polar surface area (TPSA) is 119 Å². The fraction of sp³-hybridized carbons (Fsp3) is 0.409. The van der Waals surface area contributed by atoms with Crippen LogP contribution >= 0.6 is 0 Å². The Morgan fingerprint density at radius 3 is 2.77 bits per heavy atom. The van der Waals surface area contributed by atoms with Crippen molar-refractivity contribution in [2.45, 2.75) is 39.2 Å². The number of aryl methyl sites for hydroxylation is 2. The van der Waals surface area contributed by atoms with Crippen LogP contribution in [-0.2, 0) is 16.0 Å².